The van der Waals surface area contributed by atoms with Gasteiger partial charge in [-0.05, 0) is 60.7 Å². The van der Waals surface area contributed by atoms with Gasteiger partial charge in [-0.15, -0.1) is 0 Å². The largest absolute Gasteiger partial charge is 0.484 e. The molecule has 0 radical (unpaired) electrons. The number of hydrazine groups is 1. The maximum atomic E-state index is 12.9. The second-order valence-corrected chi connectivity index (χ2v) is 6.59. The summed E-state index contributed by atoms with van der Waals surface area (Å²) in [7, 11) is 0. The number of carbonyl (C=O) groups excluding carboxylic acids is 1. The van der Waals surface area contributed by atoms with Crippen LogP contribution in [0.1, 0.15) is 0 Å². The molecule has 3 aromatic carbocycles. The zero-order chi connectivity index (χ0) is 20.2. The lowest BCUT2D eigenvalue weighted by atomic mass is 10.1. The molecule has 0 unspecified atom stereocenters. The molecule has 4 aromatic rings. The Balaban J connectivity index is 1.30. The molecule has 1 heterocycles. The number of fused-ring (bicyclic) bond motifs is 3. The minimum absolute atomic E-state index is 0.163. The molecule has 8 heteroatoms. The van der Waals surface area contributed by atoms with E-state index in [1.54, 1.807) is 6.07 Å². The SMILES string of the molecule is O=C(COc1ccc2oc3ccccc3c2c1)NNC(=S)Nc1ccc(F)cc1. The van der Waals surface area contributed by atoms with Gasteiger partial charge in [0, 0.05) is 16.5 Å². The zero-order valence-electron chi connectivity index (χ0n) is 15.1. The number of furan rings is 1. The minimum atomic E-state index is -0.412. The Hall–Kier alpha value is -3.65. The standard InChI is InChI=1S/C21H16FN3O3S/c22-13-5-7-14(8-6-13)23-21(29)25-24-20(26)12-27-15-9-10-19-17(11-15)16-3-1-2-4-18(16)28-19/h1-11H,12H2,(H,24,26)(H2,23,25,29). The third-order valence-corrected chi connectivity index (χ3v) is 4.34. The van der Waals surface area contributed by atoms with Crippen LogP contribution < -0.4 is 20.9 Å². The van der Waals surface area contributed by atoms with E-state index in [4.69, 9.17) is 21.4 Å². The predicted molar refractivity (Wildman–Crippen MR) is 113 cm³/mol. The van der Waals surface area contributed by atoms with Gasteiger partial charge in [-0.1, -0.05) is 18.2 Å². The summed E-state index contributed by atoms with van der Waals surface area (Å²) >= 11 is 5.07. The van der Waals surface area contributed by atoms with Gasteiger partial charge in [-0.25, -0.2) is 4.39 Å². The van der Waals surface area contributed by atoms with Crippen LogP contribution in [0.25, 0.3) is 21.9 Å². The third kappa shape index (κ3) is 4.44. The van der Waals surface area contributed by atoms with E-state index in [2.05, 4.69) is 16.2 Å². The van der Waals surface area contributed by atoms with Crippen molar-refractivity contribution in [1.29, 1.82) is 0 Å². The minimum Gasteiger partial charge on any atom is -0.484 e. The highest BCUT2D eigenvalue weighted by Gasteiger charge is 2.09. The Morgan fingerprint density at radius 2 is 1.72 bits per heavy atom. The van der Waals surface area contributed by atoms with Crippen LogP contribution in [0.2, 0.25) is 0 Å². The van der Waals surface area contributed by atoms with E-state index in [-0.39, 0.29) is 17.5 Å². The van der Waals surface area contributed by atoms with Gasteiger partial charge >= 0.3 is 0 Å². The Morgan fingerprint density at radius 3 is 2.55 bits per heavy atom. The molecule has 0 fully saturated rings. The molecule has 0 aliphatic carbocycles. The maximum Gasteiger partial charge on any atom is 0.276 e. The summed E-state index contributed by atoms with van der Waals surface area (Å²) in [6.07, 6.45) is 0. The first-order valence-electron chi connectivity index (χ1n) is 8.74. The number of nitrogens with one attached hydrogen (secondary N) is 3. The van der Waals surface area contributed by atoms with Gasteiger partial charge in [0.1, 0.15) is 22.7 Å². The number of anilines is 1. The summed E-state index contributed by atoms with van der Waals surface area (Å²) in [4.78, 5) is 12.0. The molecule has 1 aromatic heterocycles. The maximum absolute atomic E-state index is 12.9. The van der Waals surface area contributed by atoms with Crippen LogP contribution in [-0.2, 0) is 4.79 Å². The van der Waals surface area contributed by atoms with Crippen molar-refractivity contribution in [3.8, 4) is 5.75 Å². The first kappa shape index (κ1) is 18.7. The summed E-state index contributed by atoms with van der Waals surface area (Å²) in [6, 6.07) is 18.8. The van der Waals surface area contributed by atoms with Gasteiger partial charge in [0.05, 0.1) is 0 Å². The molecule has 0 aliphatic rings. The van der Waals surface area contributed by atoms with Crippen molar-refractivity contribution in [1.82, 2.24) is 10.9 Å². The van der Waals surface area contributed by atoms with Crippen molar-refractivity contribution in [2.75, 3.05) is 11.9 Å². The molecule has 0 saturated heterocycles. The lowest BCUT2D eigenvalue weighted by Gasteiger charge is -2.12. The summed E-state index contributed by atoms with van der Waals surface area (Å²) in [5.41, 5.74) is 7.14. The number of rotatable bonds is 4. The van der Waals surface area contributed by atoms with Crippen molar-refractivity contribution in [3.05, 3.63) is 72.5 Å². The Kier molecular flexibility index (Phi) is 5.26. The van der Waals surface area contributed by atoms with E-state index in [0.717, 1.165) is 21.9 Å². The number of thiocarbonyl (C=S) groups is 1. The van der Waals surface area contributed by atoms with Gasteiger partial charge in [-0.2, -0.15) is 0 Å². The lowest BCUT2D eigenvalue weighted by molar-refractivity contribution is -0.123. The quantitative estimate of drug-likeness (QED) is 0.348. The molecule has 0 spiro atoms. The van der Waals surface area contributed by atoms with Crippen molar-refractivity contribution >= 4 is 50.9 Å². The fraction of sp³-hybridized carbons (Fsp3) is 0.0476. The Labute approximate surface area is 170 Å². The summed E-state index contributed by atoms with van der Waals surface area (Å²) < 4.78 is 24.2. The molecular formula is C21H16FN3O3S. The van der Waals surface area contributed by atoms with Crippen molar-refractivity contribution in [3.63, 3.8) is 0 Å². The molecule has 0 atom stereocenters. The molecule has 1 amide bonds. The van der Waals surface area contributed by atoms with Crippen LogP contribution in [0.15, 0.2) is 71.1 Å². The van der Waals surface area contributed by atoms with Crippen molar-refractivity contribution < 1.29 is 18.3 Å². The van der Waals surface area contributed by atoms with Crippen molar-refractivity contribution in [2.45, 2.75) is 0 Å². The number of halogens is 1. The van der Waals surface area contributed by atoms with Crippen LogP contribution in [-0.4, -0.2) is 17.6 Å². The summed E-state index contributed by atoms with van der Waals surface area (Å²) in [6.45, 7) is -0.201. The van der Waals surface area contributed by atoms with Crippen LogP contribution in [0.3, 0.4) is 0 Å². The number of benzene rings is 3. The number of amides is 1. The average Bonchev–Trinajstić information content (AvgIpc) is 3.10. The zero-order valence-corrected chi connectivity index (χ0v) is 15.9. The second-order valence-electron chi connectivity index (χ2n) is 6.18. The summed E-state index contributed by atoms with van der Waals surface area (Å²) in [5.74, 6) is -0.210. The first-order valence-corrected chi connectivity index (χ1v) is 9.15. The molecule has 4 rings (SSSR count). The van der Waals surface area contributed by atoms with Gasteiger partial charge in [0.2, 0.25) is 0 Å². The topological polar surface area (TPSA) is 75.5 Å². The smallest absolute Gasteiger partial charge is 0.276 e. The fourth-order valence-electron chi connectivity index (χ4n) is 2.80. The van der Waals surface area contributed by atoms with Gasteiger partial charge in [0.15, 0.2) is 11.7 Å². The fourth-order valence-corrected chi connectivity index (χ4v) is 2.97. The molecule has 29 heavy (non-hydrogen) atoms. The Bertz CT molecular complexity index is 1190. The van der Waals surface area contributed by atoms with Crippen LogP contribution in [0.5, 0.6) is 5.75 Å². The highest BCUT2D eigenvalue weighted by Crippen LogP contribution is 2.31. The van der Waals surface area contributed by atoms with E-state index in [0.29, 0.717) is 11.4 Å². The second kappa shape index (κ2) is 8.15. The molecule has 0 bridgehead atoms. The molecule has 146 valence electrons. The van der Waals surface area contributed by atoms with Crippen LogP contribution in [0.4, 0.5) is 10.1 Å². The van der Waals surface area contributed by atoms with Gasteiger partial charge in [-0.3, -0.25) is 15.6 Å². The van der Waals surface area contributed by atoms with Crippen LogP contribution in [0, 0.1) is 5.82 Å². The number of carbonyl (C=O) groups is 1. The monoisotopic (exact) mass is 409 g/mol. The molecule has 0 aliphatic heterocycles. The van der Waals surface area contributed by atoms with Gasteiger partial charge < -0.3 is 14.5 Å². The van der Waals surface area contributed by atoms with E-state index in [1.165, 1.54) is 24.3 Å². The first-order chi connectivity index (χ1) is 14.1. The number of hydrogen-bond donors (Lipinski definition) is 3. The normalized spacial score (nSPS) is 10.7. The Morgan fingerprint density at radius 1 is 0.966 bits per heavy atom. The average molecular weight is 409 g/mol. The van der Waals surface area contributed by atoms with Gasteiger partial charge in [0.25, 0.3) is 5.91 Å². The van der Waals surface area contributed by atoms with E-state index in [1.807, 2.05) is 36.4 Å². The molecular weight excluding hydrogens is 393 g/mol. The molecule has 6 nitrogen and oxygen atoms in total. The number of ether oxygens (including phenoxy) is 1. The van der Waals surface area contributed by atoms with E-state index >= 15 is 0 Å². The van der Waals surface area contributed by atoms with E-state index in [9.17, 15) is 9.18 Å². The highest BCUT2D eigenvalue weighted by atomic mass is 32.1. The van der Waals surface area contributed by atoms with Crippen molar-refractivity contribution in [2.24, 2.45) is 0 Å². The number of para-hydroxylation sites is 1. The predicted octanol–water partition coefficient (Wildman–Crippen LogP) is 4.12. The van der Waals surface area contributed by atoms with E-state index < -0.39 is 5.91 Å². The lowest BCUT2D eigenvalue weighted by Crippen LogP contribution is -2.45. The highest BCUT2D eigenvalue weighted by molar-refractivity contribution is 7.80. The number of hydrogen-bond acceptors (Lipinski definition) is 4. The molecule has 3 N–H and O–H groups in total. The molecule has 0 saturated carbocycles. The third-order valence-electron chi connectivity index (χ3n) is 4.14. The van der Waals surface area contributed by atoms with Crippen LogP contribution >= 0.6 is 12.2 Å². The summed E-state index contributed by atoms with van der Waals surface area (Å²) in [5, 5.41) is 4.88.